The molecule has 1 aliphatic rings. The van der Waals surface area contributed by atoms with Crippen LogP contribution in [0.4, 0.5) is 10.5 Å². The molecule has 0 radical (unpaired) electrons. The van der Waals surface area contributed by atoms with Crippen LogP contribution in [0.2, 0.25) is 0 Å². The summed E-state index contributed by atoms with van der Waals surface area (Å²) in [7, 11) is 0. The molecule has 1 heterocycles. The van der Waals surface area contributed by atoms with Gasteiger partial charge < -0.3 is 14.4 Å². The Labute approximate surface area is 164 Å². The lowest BCUT2D eigenvalue weighted by atomic mass is 9.75. The maximum Gasteiger partial charge on any atom is 0.410 e. The molecule has 28 heavy (non-hydrogen) atoms. The number of hydrogen-bond donors (Lipinski definition) is 0. The molecule has 1 aliphatic heterocycles. The maximum atomic E-state index is 12.9. The fourth-order valence-corrected chi connectivity index (χ4v) is 3.48. The minimum Gasteiger partial charge on any atom is -0.466 e. The molecule has 1 atom stereocenters. The van der Waals surface area contributed by atoms with Crippen LogP contribution in [0.5, 0.6) is 0 Å². The van der Waals surface area contributed by atoms with Crippen LogP contribution in [-0.2, 0) is 20.7 Å². The third-order valence-corrected chi connectivity index (χ3v) is 4.65. The Morgan fingerprint density at radius 2 is 1.96 bits per heavy atom. The van der Waals surface area contributed by atoms with Crippen molar-refractivity contribution in [2.45, 2.75) is 52.6 Å². The number of nitrogens with zero attached hydrogens (tertiary/aromatic N) is 2. The quantitative estimate of drug-likeness (QED) is 0.430. The number of likely N-dealkylation sites (tertiary alicyclic amines) is 1. The lowest BCUT2D eigenvalue weighted by Gasteiger charge is -2.41. The molecule has 0 bridgehead atoms. The van der Waals surface area contributed by atoms with E-state index in [4.69, 9.17) is 9.47 Å². The molecule has 0 aromatic heterocycles. The van der Waals surface area contributed by atoms with Crippen molar-refractivity contribution in [1.82, 2.24) is 4.90 Å². The highest BCUT2D eigenvalue weighted by molar-refractivity contribution is 5.79. The standard InChI is InChI=1S/C20H28N2O6/c1-5-27-17(23)20(13-15-9-6-7-10-16(15)22(25)26)11-8-12-21(14-20)18(24)28-19(2,3)4/h6-7,9-10H,5,8,11-14H2,1-4H3/t20-/m1/s1. The van der Waals surface area contributed by atoms with Crippen LogP contribution in [0.1, 0.15) is 46.1 Å². The molecule has 0 saturated carbocycles. The van der Waals surface area contributed by atoms with Crippen molar-refractivity contribution < 1.29 is 24.0 Å². The summed E-state index contributed by atoms with van der Waals surface area (Å²) in [5.74, 6) is -0.443. The molecule has 1 amide bonds. The molecule has 8 heteroatoms. The van der Waals surface area contributed by atoms with Crippen LogP contribution >= 0.6 is 0 Å². The number of benzene rings is 1. The van der Waals surface area contributed by atoms with Crippen LogP contribution in [0.3, 0.4) is 0 Å². The Morgan fingerprint density at radius 1 is 1.29 bits per heavy atom. The number of piperidine rings is 1. The molecule has 0 N–H and O–H groups in total. The Hall–Kier alpha value is -2.64. The summed E-state index contributed by atoms with van der Waals surface area (Å²) >= 11 is 0. The van der Waals surface area contributed by atoms with E-state index in [0.717, 1.165) is 0 Å². The van der Waals surface area contributed by atoms with Crippen LogP contribution in [0.15, 0.2) is 24.3 Å². The third-order valence-electron chi connectivity index (χ3n) is 4.65. The zero-order chi connectivity index (χ0) is 20.9. The normalized spacial score (nSPS) is 19.8. The van der Waals surface area contributed by atoms with E-state index in [-0.39, 0.29) is 25.3 Å². The molecule has 8 nitrogen and oxygen atoms in total. The molecular formula is C20H28N2O6. The summed E-state index contributed by atoms with van der Waals surface area (Å²) in [4.78, 5) is 37.9. The third kappa shape index (κ3) is 5.21. The maximum absolute atomic E-state index is 12.9. The lowest BCUT2D eigenvalue weighted by Crippen LogP contribution is -2.52. The second kappa shape index (κ2) is 8.58. The number of nitro groups is 1. The van der Waals surface area contributed by atoms with E-state index in [1.54, 1.807) is 45.9 Å². The van der Waals surface area contributed by atoms with E-state index in [0.29, 0.717) is 24.9 Å². The number of hydrogen-bond acceptors (Lipinski definition) is 6. The summed E-state index contributed by atoms with van der Waals surface area (Å²) in [6.07, 6.45) is 0.696. The van der Waals surface area contributed by atoms with Gasteiger partial charge in [-0.15, -0.1) is 0 Å². The molecule has 0 unspecified atom stereocenters. The van der Waals surface area contributed by atoms with Crippen LogP contribution in [-0.4, -0.2) is 47.2 Å². The number of para-hydroxylation sites is 1. The number of carbonyl (C=O) groups excluding carboxylic acids is 2. The highest BCUT2D eigenvalue weighted by atomic mass is 16.6. The number of carbonyl (C=O) groups is 2. The zero-order valence-corrected chi connectivity index (χ0v) is 16.9. The van der Waals surface area contributed by atoms with E-state index in [1.165, 1.54) is 11.0 Å². The van der Waals surface area contributed by atoms with Gasteiger partial charge >= 0.3 is 12.1 Å². The minimum absolute atomic E-state index is 0.0411. The van der Waals surface area contributed by atoms with Gasteiger partial charge in [0.25, 0.3) is 5.69 Å². The highest BCUT2D eigenvalue weighted by Gasteiger charge is 2.46. The fraction of sp³-hybridized carbons (Fsp3) is 0.600. The highest BCUT2D eigenvalue weighted by Crippen LogP contribution is 2.38. The summed E-state index contributed by atoms with van der Waals surface area (Å²) in [5, 5.41) is 11.4. The average Bonchev–Trinajstić information content (AvgIpc) is 2.61. The van der Waals surface area contributed by atoms with Crippen molar-refractivity contribution in [2.75, 3.05) is 19.7 Å². The Morgan fingerprint density at radius 3 is 2.57 bits per heavy atom. The largest absolute Gasteiger partial charge is 0.466 e. The monoisotopic (exact) mass is 392 g/mol. The van der Waals surface area contributed by atoms with Crippen molar-refractivity contribution in [3.8, 4) is 0 Å². The first-order valence-electron chi connectivity index (χ1n) is 9.45. The number of nitro benzene ring substituents is 1. The van der Waals surface area contributed by atoms with Crippen molar-refractivity contribution in [1.29, 1.82) is 0 Å². The summed E-state index contributed by atoms with van der Waals surface area (Å²) in [6, 6.07) is 6.36. The van der Waals surface area contributed by atoms with Gasteiger partial charge in [-0.05, 0) is 47.0 Å². The van der Waals surface area contributed by atoms with E-state index < -0.39 is 28.0 Å². The topological polar surface area (TPSA) is 99.0 Å². The van der Waals surface area contributed by atoms with Crippen LogP contribution in [0.25, 0.3) is 0 Å². The van der Waals surface area contributed by atoms with Gasteiger partial charge in [-0.2, -0.15) is 0 Å². The number of rotatable bonds is 5. The summed E-state index contributed by atoms with van der Waals surface area (Å²) in [6.45, 7) is 7.82. The second-order valence-corrected chi connectivity index (χ2v) is 8.07. The van der Waals surface area contributed by atoms with Gasteiger partial charge in [0.05, 0.1) is 16.9 Å². The summed E-state index contributed by atoms with van der Waals surface area (Å²) in [5.41, 5.74) is -1.29. The van der Waals surface area contributed by atoms with Gasteiger partial charge in [0.2, 0.25) is 0 Å². The van der Waals surface area contributed by atoms with Crippen LogP contribution < -0.4 is 0 Å². The number of ether oxygens (including phenoxy) is 2. The SMILES string of the molecule is CCOC(=O)[C@@]1(Cc2ccccc2[N+](=O)[O-])CCCN(C(=O)OC(C)(C)C)C1. The second-order valence-electron chi connectivity index (χ2n) is 8.07. The number of esters is 1. The van der Waals surface area contributed by atoms with Gasteiger partial charge in [0.1, 0.15) is 5.60 Å². The zero-order valence-electron chi connectivity index (χ0n) is 16.9. The lowest BCUT2D eigenvalue weighted by molar-refractivity contribution is -0.385. The van der Waals surface area contributed by atoms with Crippen molar-refractivity contribution in [2.24, 2.45) is 5.41 Å². The molecule has 0 aliphatic carbocycles. The van der Waals surface area contributed by atoms with Crippen molar-refractivity contribution in [3.05, 3.63) is 39.9 Å². The van der Waals surface area contributed by atoms with E-state index in [1.807, 2.05) is 0 Å². The van der Waals surface area contributed by atoms with Gasteiger partial charge in [-0.25, -0.2) is 4.79 Å². The fourth-order valence-electron chi connectivity index (χ4n) is 3.48. The Kier molecular flexibility index (Phi) is 6.64. The molecule has 0 spiro atoms. The first kappa shape index (κ1) is 21.7. The molecular weight excluding hydrogens is 364 g/mol. The smallest absolute Gasteiger partial charge is 0.410 e. The predicted octanol–water partition coefficient (Wildman–Crippen LogP) is 3.72. The van der Waals surface area contributed by atoms with Crippen molar-refractivity contribution >= 4 is 17.7 Å². The Balaban J connectivity index is 2.35. The van der Waals surface area contributed by atoms with Gasteiger partial charge in [-0.1, -0.05) is 18.2 Å². The van der Waals surface area contributed by atoms with E-state index in [9.17, 15) is 19.7 Å². The van der Waals surface area contributed by atoms with Crippen LogP contribution in [0, 0.1) is 15.5 Å². The minimum atomic E-state index is -1.04. The van der Waals surface area contributed by atoms with E-state index in [2.05, 4.69) is 0 Å². The average molecular weight is 392 g/mol. The van der Waals surface area contributed by atoms with Gasteiger partial charge in [0.15, 0.2) is 0 Å². The molecule has 1 saturated heterocycles. The number of amides is 1. The molecule has 1 aromatic rings. The van der Waals surface area contributed by atoms with Gasteiger partial charge in [0, 0.05) is 24.7 Å². The Bertz CT molecular complexity index is 742. The first-order valence-corrected chi connectivity index (χ1v) is 9.45. The first-order chi connectivity index (χ1) is 13.1. The molecule has 1 fully saturated rings. The van der Waals surface area contributed by atoms with E-state index >= 15 is 0 Å². The van der Waals surface area contributed by atoms with Crippen molar-refractivity contribution in [3.63, 3.8) is 0 Å². The van der Waals surface area contributed by atoms with Gasteiger partial charge in [-0.3, -0.25) is 14.9 Å². The summed E-state index contributed by atoms with van der Waals surface area (Å²) < 4.78 is 10.7. The predicted molar refractivity (Wildman–Crippen MR) is 103 cm³/mol. The molecule has 1 aromatic carbocycles. The molecule has 2 rings (SSSR count). The molecule has 154 valence electrons.